The van der Waals surface area contributed by atoms with Gasteiger partial charge >= 0.3 is 0 Å². The van der Waals surface area contributed by atoms with Gasteiger partial charge in [0.15, 0.2) is 5.69 Å². The number of anilines is 1. The normalized spacial score (nSPS) is 9.41. The molecule has 2 N–H and O–H groups in total. The number of hydrogen-bond donors (Lipinski definition) is 1. The molecular formula is C11H8IrN3O2-. The van der Waals surface area contributed by atoms with Crippen molar-refractivity contribution >= 4 is 11.4 Å². The molecule has 0 atom stereocenters. The first-order valence-electron chi connectivity index (χ1n) is 4.55. The number of rotatable bonds is 2. The van der Waals surface area contributed by atoms with Gasteiger partial charge in [0.2, 0.25) is 0 Å². The van der Waals surface area contributed by atoms with Crippen molar-refractivity contribution in [3.05, 3.63) is 52.7 Å². The van der Waals surface area contributed by atoms with Crippen LogP contribution in [0.5, 0.6) is 0 Å². The van der Waals surface area contributed by atoms with Gasteiger partial charge in [-0.05, 0) is 23.5 Å². The molecule has 0 amide bonds. The van der Waals surface area contributed by atoms with Crippen molar-refractivity contribution in [3.8, 4) is 11.3 Å². The molecule has 1 heterocycles. The summed E-state index contributed by atoms with van der Waals surface area (Å²) in [5, 5.41) is 10.7. The van der Waals surface area contributed by atoms with Crippen LogP contribution < -0.4 is 5.73 Å². The largest absolute Gasteiger partial charge is 0.414 e. The molecule has 1 aromatic carbocycles. The van der Waals surface area contributed by atoms with Gasteiger partial charge in [0, 0.05) is 31.2 Å². The van der Waals surface area contributed by atoms with E-state index in [1.54, 1.807) is 24.4 Å². The zero-order valence-electron chi connectivity index (χ0n) is 8.59. The van der Waals surface area contributed by atoms with E-state index in [2.05, 4.69) is 11.1 Å². The second-order valence-electron chi connectivity index (χ2n) is 3.18. The van der Waals surface area contributed by atoms with E-state index in [-0.39, 0.29) is 31.5 Å². The van der Waals surface area contributed by atoms with Gasteiger partial charge in [-0.15, -0.1) is 11.6 Å². The van der Waals surface area contributed by atoms with Gasteiger partial charge < -0.3 is 10.7 Å². The molecule has 0 fully saturated rings. The molecule has 0 bridgehead atoms. The van der Waals surface area contributed by atoms with Crippen LogP contribution in [0.3, 0.4) is 0 Å². The van der Waals surface area contributed by atoms with Gasteiger partial charge in [-0.1, -0.05) is 18.2 Å². The third kappa shape index (κ3) is 3.09. The number of nitrogens with two attached hydrogens (primary N) is 1. The van der Waals surface area contributed by atoms with Crippen LogP contribution in [0.4, 0.5) is 11.4 Å². The van der Waals surface area contributed by atoms with Crippen LogP contribution in [0, 0.1) is 16.2 Å². The second-order valence-corrected chi connectivity index (χ2v) is 3.18. The molecule has 89 valence electrons. The Labute approximate surface area is 111 Å². The fourth-order valence-electron chi connectivity index (χ4n) is 1.34. The number of nitrogen functional groups attached to an aromatic ring is 1. The first-order chi connectivity index (χ1) is 7.66. The van der Waals surface area contributed by atoms with Crippen LogP contribution in [0.25, 0.3) is 11.3 Å². The van der Waals surface area contributed by atoms with Crippen LogP contribution in [-0.4, -0.2) is 9.91 Å². The van der Waals surface area contributed by atoms with Crippen molar-refractivity contribution in [1.29, 1.82) is 0 Å². The fourth-order valence-corrected chi connectivity index (χ4v) is 1.34. The van der Waals surface area contributed by atoms with Crippen LogP contribution in [0.15, 0.2) is 36.5 Å². The predicted octanol–water partition coefficient (Wildman–Crippen LogP) is 2.04. The minimum absolute atomic E-state index is 0. The monoisotopic (exact) mass is 407 g/mol. The van der Waals surface area contributed by atoms with Gasteiger partial charge in [-0.3, -0.25) is 10.1 Å². The molecular weight excluding hydrogens is 398 g/mol. The minimum atomic E-state index is -0.489. The minimum Gasteiger partial charge on any atom is -0.414 e. The maximum absolute atomic E-state index is 10.7. The van der Waals surface area contributed by atoms with E-state index >= 15 is 0 Å². The number of pyridine rings is 1. The maximum atomic E-state index is 10.7. The molecule has 17 heavy (non-hydrogen) atoms. The summed E-state index contributed by atoms with van der Waals surface area (Å²) in [6.45, 7) is 0. The number of aromatic nitrogens is 1. The number of hydrogen-bond acceptors (Lipinski definition) is 4. The third-order valence-corrected chi connectivity index (χ3v) is 2.03. The number of nitro benzene ring substituents is 1. The summed E-state index contributed by atoms with van der Waals surface area (Å²) in [4.78, 5) is 14.2. The quantitative estimate of drug-likeness (QED) is 0.358. The molecule has 5 nitrogen and oxygen atoms in total. The molecule has 0 aliphatic carbocycles. The Balaban J connectivity index is 0.00000144. The molecule has 0 unspecified atom stereocenters. The van der Waals surface area contributed by atoms with E-state index in [1.165, 1.54) is 12.1 Å². The Morgan fingerprint density at radius 2 is 2.12 bits per heavy atom. The van der Waals surface area contributed by atoms with Crippen molar-refractivity contribution in [1.82, 2.24) is 4.98 Å². The Morgan fingerprint density at radius 3 is 2.71 bits per heavy atom. The molecule has 2 aromatic rings. The van der Waals surface area contributed by atoms with E-state index in [4.69, 9.17) is 5.73 Å². The molecule has 0 aliphatic rings. The average Bonchev–Trinajstić information content (AvgIpc) is 2.29. The van der Waals surface area contributed by atoms with E-state index in [0.717, 1.165) is 0 Å². The van der Waals surface area contributed by atoms with Crippen LogP contribution in [0.2, 0.25) is 0 Å². The molecule has 0 aliphatic heterocycles. The van der Waals surface area contributed by atoms with Gasteiger partial charge in [0.1, 0.15) is 0 Å². The zero-order valence-corrected chi connectivity index (χ0v) is 11.0. The summed E-state index contributed by atoms with van der Waals surface area (Å²) in [6, 6.07) is 10.8. The number of benzene rings is 1. The Morgan fingerprint density at radius 1 is 1.35 bits per heavy atom. The van der Waals surface area contributed by atoms with E-state index in [9.17, 15) is 10.1 Å². The number of nitrogens with zero attached hydrogens (tertiary/aromatic N) is 2. The summed E-state index contributed by atoms with van der Waals surface area (Å²) in [5.41, 5.74) is 6.85. The maximum Gasteiger partial charge on any atom is 0.194 e. The van der Waals surface area contributed by atoms with E-state index in [0.29, 0.717) is 11.3 Å². The first-order valence-corrected chi connectivity index (χ1v) is 4.55. The topological polar surface area (TPSA) is 82.0 Å². The van der Waals surface area contributed by atoms with Gasteiger partial charge in [-0.25, -0.2) is 0 Å². The predicted molar refractivity (Wildman–Crippen MR) is 59.6 cm³/mol. The van der Waals surface area contributed by atoms with Crippen molar-refractivity contribution in [2.75, 3.05) is 5.73 Å². The van der Waals surface area contributed by atoms with Crippen LogP contribution in [0.1, 0.15) is 0 Å². The summed E-state index contributed by atoms with van der Waals surface area (Å²) < 4.78 is 0. The standard InChI is InChI=1S/C11H8N3O2.Ir/c12-9-5-8(6-10(7-9)14(15)16)11-3-1-2-4-13-11;/h1-4,6-7H,12H2;/q-1;. The summed E-state index contributed by atoms with van der Waals surface area (Å²) >= 11 is 0. The third-order valence-electron chi connectivity index (χ3n) is 2.03. The summed E-state index contributed by atoms with van der Waals surface area (Å²) in [7, 11) is 0. The van der Waals surface area contributed by atoms with Crippen molar-refractivity contribution in [3.63, 3.8) is 0 Å². The van der Waals surface area contributed by atoms with E-state index in [1.807, 2.05) is 0 Å². The smallest absolute Gasteiger partial charge is 0.194 e. The molecule has 0 saturated carbocycles. The SMILES string of the molecule is Nc1[c-]c(-c2ccccn2)cc([N+](=O)[O-])c1.[Ir]. The fraction of sp³-hybridized carbons (Fsp3) is 0. The summed E-state index contributed by atoms with van der Waals surface area (Å²) in [6.07, 6.45) is 1.61. The first kappa shape index (κ1) is 13.3. The van der Waals surface area contributed by atoms with Crippen molar-refractivity contribution < 1.29 is 25.0 Å². The molecule has 0 saturated heterocycles. The summed E-state index contributed by atoms with van der Waals surface area (Å²) in [5.74, 6) is 0. The molecule has 1 radical (unpaired) electrons. The van der Waals surface area contributed by atoms with Gasteiger partial charge in [0.05, 0.1) is 0 Å². The second kappa shape index (κ2) is 5.52. The van der Waals surface area contributed by atoms with Crippen molar-refractivity contribution in [2.45, 2.75) is 0 Å². The van der Waals surface area contributed by atoms with Gasteiger partial charge in [0.25, 0.3) is 0 Å². The number of non-ortho nitro benzene ring substituents is 1. The Hall–Kier alpha value is -1.78. The Kier molecular flexibility index (Phi) is 4.31. The molecule has 6 heteroatoms. The molecule has 0 spiro atoms. The average molecular weight is 406 g/mol. The van der Waals surface area contributed by atoms with Crippen LogP contribution >= 0.6 is 0 Å². The number of nitro groups is 1. The van der Waals surface area contributed by atoms with Gasteiger partial charge in [-0.2, -0.15) is 0 Å². The molecule has 2 rings (SSSR count). The zero-order chi connectivity index (χ0) is 11.5. The van der Waals surface area contributed by atoms with Crippen molar-refractivity contribution in [2.24, 2.45) is 0 Å². The Bertz CT molecular complexity index is 531. The molecule has 1 aromatic heterocycles. The van der Waals surface area contributed by atoms with Crippen LogP contribution in [-0.2, 0) is 20.1 Å². The van der Waals surface area contributed by atoms with E-state index < -0.39 is 4.92 Å².